The van der Waals surface area contributed by atoms with Crippen molar-refractivity contribution in [2.45, 2.75) is 6.54 Å². The smallest absolute Gasteiger partial charge is 0.404 e. The van der Waals surface area contributed by atoms with Crippen molar-refractivity contribution in [3.63, 3.8) is 0 Å². The fraction of sp³-hybridized carbons (Fsp3) is 0.133. The number of benzene rings is 1. The third kappa shape index (κ3) is 5.10. The van der Waals surface area contributed by atoms with Gasteiger partial charge in [-0.3, -0.25) is 9.48 Å². The largest absolute Gasteiger partial charge is 0.465 e. The van der Waals surface area contributed by atoms with Crippen molar-refractivity contribution in [2.75, 3.05) is 11.9 Å². The molecule has 9 heteroatoms. The highest BCUT2D eigenvalue weighted by molar-refractivity contribution is 6.30. The molecule has 2 rings (SSSR count). The summed E-state index contributed by atoms with van der Waals surface area (Å²) in [6.07, 6.45) is 1.84. The summed E-state index contributed by atoms with van der Waals surface area (Å²) in [5.41, 5.74) is 1.03. The van der Waals surface area contributed by atoms with Gasteiger partial charge >= 0.3 is 6.09 Å². The van der Waals surface area contributed by atoms with Gasteiger partial charge in [0.2, 0.25) is 0 Å². The van der Waals surface area contributed by atoms with Crippen molar-refractivity contribution >= 4 is 29.3 Å². The first-order valence-corrected chi connectivity index (χ1v) is 7.20. The molecule has 126 valence electrons. The zero-order valence-corrected chi connectivity index (χ0v) is 13.1. The van der Waals surface area contributed by atoms with Crippen LogP contribution in [0.4, 0.5) is 14.9 Å². The average molecular weight is 353 g/mol. The summed E-state index contributed by atoms with van der Waals surface area (Å²) in [5.74, 6) is -0.377. The number of carboxylic acid groups (broad SMARTS) is 1. The number of hydrogen-bond acceptors (Lipinski definition) is 3. The van der Waals surface area contributed by atoms with Crippen LogP contribution < -0.4 is 10.6 Å². The molecule has 0 spiro atoms. The van der Waals surface area contributed by atoms with Crippen LogP contribution in [0, 0.1) is 0 Å². The maximum atomic E-state index is 12.8. The van der Waals surface area contributed by atoms with E-state index >= 15 is 0 Å². The number of anilines is 1. The van der Waals surface area contributed by atoms with Gasteiger partial charge in [-0.05, 0) is 29.8 Å². The minimum atomic E-state index is -1.25. The molecule has 2 aromatic rings. The second-order valence-corrected chi connectivity index (χ2v) is 5.25. The van der Waals surface area contributed by atoms with Gasteiger partial charge in [0.05, 0.1) is 24.6 Å². The summed E-state index contributed by atoms with van der Waals surface area (Å²) in [5, 5.41) is 17.8. The fourth-order valence-electron chi connectivity index (χ4n) is 1.83. The van der Waals surface area contributed by atoms with Crippen LogP contribution in [-0.4, -0.2) is 33.4 Å². The highest BCUT2D eigenvalue weighted by Gasteiger charge is 2.10. The zero-order chi connectivity index (χ0) is 17.5. The summed E-state index contributed by atoms with van der Waals surface area (Å²) in [6, 6.07) is 6.61. The van der Waals surface area contributed by atoms with Crippen LogP contribution >= 0.6 is 11.6 Å². The quantitative estimate of drug-likeness (QED) is 0.744. The van der Waals surface area contributed by atoms with E-state index in [0.717, 1.165) is 0 Å². The molecule has 0 aliphatic carbocycles. The molecule has 7 nitrogen and oxygen atoms in total. The summed E-state index contributed by atoms with van der Waals surface area (Å²) >= 11 is 5.77. The van der Waals surface area contributed by atoms with E-state index in [0.29, 0.717) is 17.0 Å². The van der Waals surface area contributed by atoms with Crippen LogP contribution in [0.5, 0.6) is 0 Å². The summed E-state index contributed by atoms with van der Waals surface area (Å²) in [4.78, 5) is 22.5. The molecule has 0 aliphatic heterocycles. The van der Waals surface area contributed by atoms with E-state index in [1.54, 1.807) is 24.3 Å². The topological polar surface area (TPSA) is 96.2 Å². The number of rotatable bonds is 6. The van der Waals surface area contributed by atoms with Crippen LogP contribution in [0.25, 0.3) is 0 Å². The van der Waals surface area contributed by atoms with E-state index in [2.05, 4.69) is 15.7 Å². The Morgan fingerprint density at radius 3 is 2.67 bits per heavy atom. The van der Waals surface area contributed by atoms with Crippen molar-refractivity contribution in [3.8, 4) is 0 Å². The number of carbonyl (C=O) groups excluding carboxylic acids is 1. The van der Waals surface area contributed by atoms with Crippen molar-refractivity contribution in [1.29, 1.82) is 0 Å². The molecule has 1 heterocycles. The van der Waals surface area contributed by atoms with Gasteiger partial charge in [-0.2, -0.15) is 5.10 Å². The normalized spacial score (nSPS) is 11.2. The number of amides is 2. The predicted octanol–water partition coefficient (Wildman–Crippen LogP) is 2.91. The van der Waals surface area contributed by atoms with Crippen molar-refractivity contribution < 1.29 is 19.1 Å². The Morgan fingerprint density at radius 1 is 1.33 bits per heavy atom. The Balaban J connectivity index is 1.97. The van der Waals surface area contributed by atoms with Crippen LogP contribution in [0.2, 0.25) is 5.02 Å². The molecule has 0 radical (unpaired) electrons. The summed E-state index contributed by atoms with van der Waals surface area (Å²) in [7, 11) is 0. The van der Waals surface area contributed by atoms with Crippen molar-refractivity contribution in [2.24, 2.45) is 0 Å². The molecule has 24 heavy (non-hydrogen) atoms. The maximum absolute atomic E-state index is 12.8. The monoisotopic (exact) mass is 352 g/mol. The molecule has 0 aliphatic rings. The Kier molecular flexibility index (Phi) is 5.91. The van der Waals surface area contributed by atoms with Crippen molar-refractivity contribution in [1.82, 2.24) is 15.1 Å². The Hall–Kier alpha value is -2.87. The van der Waals surface area contributed by atoms with E-state index in [4.69, 9.17) is 16.7 Å². The van der Waals surface area contributed by atoms with Gasteiger partial charge in [0.1, 0.15) is 0 Å². The Bertz CT molecular complexity index is 758. The molecule has 1 aromatic heterocycles. The second-order valence-electron chi connectivity index (χ2n) is 4.81. The average Bonchev–Trinajstić information content (AvgIpc) is 3.02. The lowest BCUT2D eigenvalue weighted by Gasteiger charge is -2.06. The zero-order valence-electron chi connectivity index (χ0n) is 12.4. The molecular formula is C15H14ClFN4O3. The first-order chi connectivity index (χ1) is 11.5. The molecule has 0 fully saturated rings. The Labute approximate surface area is 141 Å². The van der Waals surface area contributed by atoms with E-state index in [9.17, 15) is 14.0 Å². The molecule has 2 amide bonds. The predicted molar refractivity (Wildman–Crippen MR) is 86.9 cm³/mol. The van der Waals surface area contributed by atoms with Gasteiger partial charge in [0.15, 0.2) is 0 Å². The van der Waals surface area contributed by atoms with Gasteiger partial charge in [0.25, 0.3) is 5.91 Å². The minimum absolute atomic E-state index is 0.0189. The molecule has 0 atom stereocenters. The van der Waals surface area contributed by atoms with E-state index in [1.165, 1.54) is 17.1 Å². The molecule has 0 saturated heterocycles. The highest BCUT2D eigenvalue weighted by Crippen LogP contribution is 2.14. The lowest BCUT2D eigenvalue weighted by atomic mass is 10.3. The van der Waals surface area contributed by atoms with Gasteiger partial charge in [0, 0.05) is 23.5 Å². The molecule has 3 N–H and O–H groups in total. The van der Waals surface area contributed by atoms with Gasteiger partial charge in [-0.1, -0.05) is 11.6 Å². The first-order valence-electron chi connectivity index (χ1n) is 6.82. The first kappa shape index (κ1) is 17.5. The molecular weight excluding hydrogens is 339 g/mol. The highest BCUT2D eigenvalue weighted by atomic mass is 35.5. The lowest BCUT2D eigenvalue weighted by Crippen LogP contribution is -2.24. The van der Waals surface area contributed by atoms with Crippen LogP contribution in [0.3, 0.4) is 0 Å². The second kappa shape index (κ2) is 8.11. The number of aromatic nitrogens is 2. The van der Waals surface area contributed by atoms with Crippen molar-refractivity contribution in [3.05, 3.63) is 59.1 Å². The molecule has 0 bridgehead atoms. The third-order valence-corrected chi connectivity index (χ3v) is 3.24. The van der Waals surface area contributed by atoms with Gasteiger partial charge in [-0.25, -0.2) is 9.18 Å². The fourth-order valence-corrected chi connectivity index (χ4v) is 1.96. The van der Waals surface area contributed by atoms with Crippen LogP contribution in [-0.2, 0) is 6.54 Å². The van der Waals surface area contributed by atoms with Crippen LogP contribution in [0.15, 0.2) is 48.6 Å². The maximum Gasteiger partial charge on any atom is 0.404 e. The third-order valence-electron chi connectivity index (χ3n) is 2.98. The summed E-state index contributed by atoms with van der Waals surface area (Å²) in [6.45, 7) is -0.150. The Morgan fingerprint density at radius 2 is 2.04 bits per heavy atom. The van der Waals surface area contributed by atoms with Gasteiger partial charge in [-0.15, -0.1) is 0 Å². The number of nitrogens with one attached hydrogen (secondary N) is 2. The van der Waals surface area contributed by atoms with E-state index < -0.39 is 6.09 Å². The SMILES string of the molecule is O=C(O)NC/C(=C\F)Cn1cc(C(=O)Nc2ccc(Cl)cc2)cn1. The number of hydrogen-bond donors (Lipinski definition) is 3. The molecule has 0 unspecified atom stereocenters. The molecule has 1 aromatic carbocycles. The number of halogens is 2. The minimum Gasteiger partial charge on any atom is -0.465 e. The van der Waals surface area contributed by atoms with Gasteiger partial charge < -0.3 is 15.7 Å². The lowest BCUT2D eigenvalue weighted by molar-refractivity contribution is 0.102. The van der Waals surface area contributed by atoms with Crippen LogP contribution in [0.1, 0.15) is 10.4 Å². The van der Waals surface area contributed by atoms with E-state index in [-0.39, 0.29) is 30.1 Å². The summed E-state index contributed by atoms with van der Waals surface area (Å²) < 4.78 is 14.1. The number of carbonyl (C=O) groups is 2. The standard InChI is InChI=1S/C15H14ClFN4O3/c16-12-1-3-13(4-2-12)20-14(22)11-7-19-21(9-11)8-10(5-17)6-18-15(23)24/h1-5,7,9,18H,6,8H2,(H,20,22)(H,23,24)/b10-5+. The van der Waals surface area contributed by atoms with E-state index in [1.807, 2.05) is 0 Å². The molecule has 0 saturated carbocycles. The number of nitrogens with zero attached hydrogens (tertiary/aromatic N) is 2.